The predicted molar refractivity (Wildman–Crippen MR) is 124 cm³/mol. The van der Waals surface area contributed by atoms with E-state index in [1.54, 1.807) is 24.1 Å². The highest BCUT2D eigenvalue weighted by atomic mass is 35.5. The summed E-state index contributed by atoms with van der Waals surface area (Å²) in [6.45, 7) is 0.410. The fourth-order valence-electron chi connectivity index (χ4n) is 4.02. The van der Waals surface area contributed by atoms with Crippen LogP contribution in [0.3, 0.4) is 0 Å². The van der Waals surface area contributed by atoms with Gasteiger partial charge in [-0.05, 0) is 77.7 Å². The molecule has 5 nitrogen and oxygen atoms in total. The van der Waals surface area contributed by atoms with Crippen molar-refractivity contribution in [1.29, 1.82) is 0 Å². The minimum atomic E-state index is -0.468. The highest BCUT2D eigenvalue weighted by Gasteiger charge is 2.48. The van der Waals surface area contributed by atoms with E-state index >= 15 is 0 Å². The standard InChI is InChI=1S/C26H23ClFNO4/c1-32-21-10-2-17(3-11-21)16-33-22-12-4-18(5-13-22)25-23(14-15-24(27)30)26(31)29(25)20-8-6-19(28)7-9-20/h2-13,23,25H,14-16H2,1H3. The van der Waals surface area contributed by atoms with Crippen LogP contribution < -0.4 is 14.4 Å². The van der Waals surface area contributed by atoms with Crippen molar-refractivity contribution in [3.63, 3.8) is 0 Å². The molecule has 1 aliphatic rings. The number of benzene rings is 3. The summed E-state index contributed by atoms with van der Waals surface area (Å²) in [5, 5.41) is -0.468. The van der Waals surface area contributed by atoms with Crippen LogP contribution in [0.15, 0.2) is 72.8 Å². The maximum absolute atomic E-state index is 13.4. The molecule has 1 heterocycles. The Hall–Kier alpha value is -3.38. The Morgan fingerprint density at radius 2 is 1.61 bits per heavy atom. The van der Waals surface area contributed by atoms with Crippen molar-refractivity contribution in [2.45, 2.75) is 25.5 Å². The topological polar surface area (TPSA) is 55.8 Å². The Morgan fingerprint density at radius 3 is 2.21 bits per heavy atom. The summed E-state index contributed by atoms with van der Waals surface area (Å²) in [6, 6.07) is 20.7. The van der Waals surface area contributed by atoms with Crippen molar-refractivity contribution in [2.24, 2.45) is 5.92 Å². The predicted octanol–water partition coefficient (Wildman–Crippen LogP) is 5.66. The summed E-state index contributed by atoms with van der Waals surface area (Å²) >= 11 is 5.51. The van der Waals surface area contributed by atoms with Crippen LogP contribution >= 0.6 is 11.6 Å². The largest absolute Gasteiger partial charge is 0.497 e. The van der Waals surface area contributed by atoms with Gasteiger partial charge < -0.3 is 14.4 Å². The fraction of sp³-hybridized carbons (Fsp3) is 0.231. The molecule has 33 heavy (non-hydrogen) atoms. The first-order valence-corrected chi connectivity index (χ1v) is 11.0. The lowest BCUT2D eigenvalue weighted by Crippen LogP contribution is -2.55. The van der Waals surface area contributed by atoms with Gasteiger partial charge in [0.15, 0.2) is 0 Å². The smallest absolute Gasteiger partial charge is 0.233 e. The van der Waals surface area contributed by atoms with Gasteiger partial charge in [0.2, 0.25) is 11.1 Å². The van der Waals surface area contributed by atoms with E-state index in [1.165, 1.54) is 12.1 Å². The van der Waals surface area contributed by atoms with E-state index in [9.17, 15) is 14.0 Å². The molecule has 1 aliphatic heterocycles. The molecule has 7 heteroatoms. The Balaban J connectivity index is 1.49. The van der Waals surface area contributed by atoms with Crippen molar-refractivity contribution < 1.29 is 23.5 Å². The normalized spacial score (nSPS) is 17.4. The maximum atomic E-state index is 13.4. The number of halogens is 2. The molecule has 2 atom stereocenters. The molecule has 0 aromatic heterocycles. The first-order valence-electron chi connectivity index (χ1n) is 10.6. The third-order valence-electron chi connectivity index (χ3n) is 5.76. The zero-order chi connectivity index (χ0) is 23.4. The van der Waals surface area contributed by atoms with Gasteiger partial charge >= 0.3 is 0 Å². The number of hydrogen-bond donors (Lipinski definition) is 0. The van der Waals surface area contributed by atoms with E-state index in [4.69, 9.17) is 21.1 Å². The van der Waals surface area contributed by atoms with Gasteiger partial charge in [0, 0.05) is 12.1 Å². The monoisotopic (exact) mass is 467 g/mol. The molecule has 170 valence electrons. The zero-order valence-corrected chi connectivity index (χ0v) is 18.8. The minimum Gasteiger partial charge on any atom is -0.497 e. The van der Waals surface area contributed by atoms with Crippen molar-refractivity contribution in [2.75, 3.05) is 12.0 Å². The van der Waals surface area contributed by atoms with E-state index < -0.39 is 5.24 Å². The molecule has 0 N–H and O–H groups in total. The van der Waals surface area contributed by atoms with Crippen LogP contribution in [0.2, 0.25) is 0 Å². The Kier molecular flexibility index (Phi) is 6.94. The number of ether oxygens (including phenoxy) is 2. The molecule has 0 bridgehead atoms. The van der Waals surface area contributed by atoms with Crippen molar-refractivity contribution in [3.05, 3.63) is 89.7 Å². The summed E-state index contributed by atoms with van der Waals surface area (Å²) in [5.74, 6) is 0.634. The molecule has 2 unspecified atom stereocenters. The van der Waals surface area contributed by atoms with E-state index in [-0.39, 0.29) is 30.1 Å². The van der Waals surface area contributed by atoms with Crippen LogP contribution in [0.4, 0.5) is 10.1 Å². The summed E-state index contributed by atoms with van der Waals surface area (Å²) in [6.07, 6.45) is 0.480. The number of rotatable bonds is 9. The van der Waals surface area contributed by atoms with E-state index in [0.29, 0.717) is 24.5 Å². The third kappa shape index (κ3) is 5.17. The number of carbonyl (C=O) groups excluding carboxylic acids is 2. The Morgan fingerprint density at radius 1 is 0.970 bits per heavy atom. The van der Waals surface area contributed by atoms with Gasteiger partial charge in [-0.3, -0.25) is 9.59 Å². The molecule has 1 saturated heterocycles. The number of amides is 1. The van der Waals surface area contributed by atoms with Crippen LogP contribution in [0.5, 0.6) is 11.5 Å². The molecule has 1 fully saturated rings. The van der Waals surface area contributed by atoms with Crippen LogP contribution in [0, 0.1) is 11.7 Å². The number of nitrogens with zero attached hydrogens (tertiary/aromatic N) is 1. The zero-order valence-electron chi connectivity index (χ0n) is 18.0. The number of methoxy groups -OCH3 is 1. The number of hydrogen-bond acceptors (Lipinski definition) is 4. The van der Waals surface area contributed by atoms with Gasteiger partial charge in [-0.2, -0.15) is 0 Å². The maximum Gasteiger partial charge on any atom is 0.233 e. The minimum absolute atomic E-state index is 0.107. The first-order chi connectivity index (χ1) is 16.0. The lowest BCUT2D eigenvalue weighted by atomic mass is 9.79. The molecule has 3 aromatic carbocycles. The second kappa shape index (κ2) is 10.0. The molecular weight excluding hydrogens is 445 g/mol. The average Bonchev–Trinajstić information content (AvgIpc) is 2.83. The molecule has 0 spiro atoms. The molecular formula is C26H23ClFNO4. The van der Waals surface area contributed by atoms with E-state index in [2.05, 4.69) is 0 Å². The number of β-lactam (4-membered cyclic amide) rings is 1. The van der Waals surface area contributed by atoms with Crippen molar-refractivity contribution in [1.82, 2.24) is 0 Å². The average molecular weight is 468 g/mol. The molecule has 0 radical (unpaired) electrons. The first kappa shape index (κ1) is 22.8. The highest BCUT2D eigenvalue weighted by molar-refractivity contribution is 6.63. The molecule has 0 saturated carbocycles. The van der Waals surface area contributed by atoms with Crippen molar-refractivity contribution in [3.8, 4) is 11.5 Å². The van der Waals surface area contributed by atoms with Gasteiger partial charge in [-0.15, -0.1) is 0 Å². The quantitative estimate of drug-likeness (QED) is 0.301. The lowest BCUT2D eigenvalue weighted by molar-refractivity contribution is -0.131. The molecule has 1 amide bonds. The molecule has 0 aliphatic carbocycles. The number of carbonyl (C=O) groups is 2. The molecule has 4 rings (SSSR count). The van der Waals surface area contributed by atoms with Crippen LogP contribution in [0.1, 0.15) is 30.0 Å². The third-order valence-corrected chi connectivity index (χ3v) is 5.95. The molecule has 3 aromatic rings. The van der Waals surface area contributed by atoms with Gasteiger partial charge in [0.25, 0.3) is 0 Å². The highest BCUT2D eigenvalue weighted by Crippen LogP contribution is 2.45. The Bertz CT molecular complexity index is 1120. The van der Waals surface area contributed by atoms with Crippen molar-refractivity contribution >= 4 is 28.4 Å². The van der Waals surface area contributed by atoms with E-state index in [1.807, 2.05) is 48.5 Å². The summed E-state index contributed by atoms with van der Waals surface area (Å²) in [7, 11) is 1.62. The van der Waals surface area contributed by atoms with Crippen LogP contribution in [-0.2, 0) is 16.2 Å². The van der Waals surface area contributed by atoms with Crippen LogP contribution in [0.25, 0.3) is 0 Å². The lowest BCUT2D eigenvalue weighted by Gasteiger charge is -2.47. The van der Waals surface area contributed by atoms with Gasteiger partial charge in [-0.1, -0.05) is 24.3 Å². The summed E-state index contributed by atoms with van der Waals surface area (Å²) < 4.78 is 24.4. The second-order valence-corrected chi connectivity index (χ2v) is 8.26. The summed E-state index contributed by atoms with van der Waals surface area (Å²) in [5.41, 5.74) is 2.53. The van der Waals surface area contributed by atoms with Gasteiger partial charge in [0.05, 0.1) is 19.1 Å². The number of anilines is 1. The fourth-order valence-corrected chi connectivity index (χ4v) is 4.13. The van der Waals surface area contributed by atoms with Crippen LogP contribution in [-0.4, -0.2) is 18.3 Å². The second-order valence-electron chi connectivity index (χ2n) is 7.84. The Labute approximate surface area is 196 Å². The summed E-state index contributed by atoms with van der Waals surface area (Å²) in [4.78, 5) is 25.8. The SMILES string of the molecule is COc1ccc(COc2ccc(C3C(CCC(=O)Cl)C(=O)N3c3ccc(F)cc3)cc2)cc1. The van der Waals surface area contributed by atoms with Gasteiger partial charge in [0.1, 0.15) is 23.9 Å². The van der Waals surface area contributed by atoms with Gasteiger partial charge in [-0.25, -0.2) is 4.39 Å². The van der Waals surface area contributed by atoms with E-state index in [0.717, 1.165) is 16.9 Å².